The van der Waals surface area contributed by atoms with Crippen molar-refractivity contribution in [3.8, 4) is 11.5 Å². The van der Waals surface area contributed by atoms with Crippen LogP contribution >= 0.6 is 0 Å². The molecule has 4 nitrogen and oxygen atoms in total. The summed E-state index contributed by atoms with van der Waals surface area (Å²) in [5.74, 6) is 1.08. The molecule has 0 saturated heterocycles. The number of phenolic OH excluding ortho intramolecular Hbond substituents is 1. The molecule has 4 heteroatoms. The van der Waals surface area contributed by atoms with E-state index < -0.39 is 0 Å². The molecule has 0 fully saturated rings. The normalized spacial score (nSPS) is 10.9. The fraction of sp³-hybridized carbons (Fsp3) is 0.294. The Hall–Kier alpha value is -2.36. The van der Waals surface area contributed by atoms with Gasteiger partial charge < -0.3 is 9.84 Å². The second-order valence-electron chi connectivity index (χ2n) is 4.77. The number of unbranched alkanes of at least 4 members (excludes halogenated alkanes) is 2. The first-order valence-electron chi connectivity index (χ1n) is 7.21. The highest BCUT2D eigenvalue weighted by Gasteiger charge is 1.95. The Morgan fingerprint density at radius 2 is 1.43 bits per heavy atom. The minimum Gasteiger partial charge on any atom is -0.508 e. The van der Waals surface area contributed by atoms with Crippen molar-refractivity contribution in [2.24, 2.45) is 10.2 Å². The van der Waals surface area contributed by atoms with Gasteiger partial charge in [0, 0.05) is 0 Å². The highest BCUT2D eigenvalue weighted by atomic mass is 16.5. The second kappa shape index (κ2) is 8.04. The van der Waals surface area contributed by atoms with Crippen molar-refractivity contribution in [2.75, 3.05) is 6.61 Å². The second-order valence-corrected chi connectivity index (χ2v) is 4.77. The quantitative estimate of drug-likeness (QED) is 0.548. The van der Waals surface area contributed by atoms with Gasteiger partial charge in [0.2, 0.25) is 0 Å². The van der Waals surface area contributed by atoms with E-state index in [-0.39, 0.29) is 5.75 Å². The number of benzene rings is 2. The monoisotopic (exact) mass is 284 g/mol. The van der Waals surface area contributed by atoms with Crippen LogP contribution in [-0.4, -0.2) is 11.7 Å². The van der Waals surface area contributed by atoms with E-state index in [0.29, 0.717) is 5.69 Å². The third-order valence-corrected chi connectivity index (χ3v) is 2.98. The van der Waals surface area contributed by atoms with Crippen LogP contribution in [0, 0.1) is 0 Å². The largest absolute Gasteiger partial charge is 0.508 e. The molecular weight excluding hydrogens is 264 g/mol. The summed E-state index contributed by atoms with van der Waals surface area (Å²) in [7, 11) is 0. The predicted molar refractivity (Wildman–Crippen MR) is 83.7 cm³/mol. The summed E-state index contributed by atoms with van der Waals surface area (Å²) >= 11 is 0. The maximum absolute atomic E-state index is 9.19. The van der Waals surface area contributed by atoms with Gasteiger partial charge in [0.05, 0.1) is 18.0 Å². The molecule has 0 spiro atoms. The molecule has 0 radical (unpaired) electrons. The van der Waals surface area contributed by atoms with Gasteiger partial charge in [0.15, 0.2) is 0 Å². The fourth-order valence-corrected chi connectivity index (χ4v) is 1.79. The van der Waals surface area contributed by atoms with Gasteiger partial charge in [-0.05, 0) is 55.0 Å². The lowest BCUT2D eigenvalue weighted by atomic mass is 10.2. The summed E-state index contributed by atoms with van der Waals surface area (Å²) in [5, 5.41) is 17.4. The summed E-state index contributed by atoms with van der Waals surface area (Å²) in [5.41, 5.74) is 1.47. The van der Waals surface area contributed by atoms with Crippen molar-refractivity contribution in [1.29, 1.82) is 0 Å². The summed E-state index contributed by atoms with van der Waals surface area (Å²) in [6.07, 6.45) is 3.47. The number of ether oxygens (including phenoxy) is 1. The highest BCUT2D eigenvalue weighted by molar-refractivity contribution is 5.43. The van der Waals surface area contributed by atoms with E-state index in [1.54, 1.807) is 24.3 Å². The van der Waals surface area contributed by atoms with Crippen molar-refractivity contribution in [3.63, 3.8) is 0 Å². The highest BCUT2D eigenvalue weighted by Crippen LogP contribution is 2.22. The van der Waals surface area contributed by atoms with Crippen LogP contribution in [0.25, 0.3) is 0 Å². The molecular formula is C17H20N2O2. The molecule has 110 valence electrons. The average molecular weight is 284 g/mol. The maximum atomic E-state index is 9.19. The van der Waals surface area contributed by atoms with Crippen molar-refractivity contribution in [2.45, 2.75) is 26.2 Å². The van der Waals surface area contributed by atoms with E-state index >= 15 is 0 Å². The van der Waals surface area contributed by atoms with Crippen LogP contribution in [0.5, 0.6) is 11.5 Å². The number of aromatic hydroxyl groups is 1. The van der Waals surface area contributed by atoms with E-state index in [0.717, 1.165) is 24.5 Å². The summed E-state index contributed by atoms with van der Waals surface area (Å²) in [6, 6.07) is 14.1. The first kappa shape index (κ1) is 15.0. The Morgan fingerprint density at radius 3 is 2.00 bits per heavy atom. The molecule has 0 amide bonds. The van der Waals surface area contributed by atoms with Crippen LogP contribution in [-0.2, 0) is 0 Å². The molecule has 0 aliphatic carbocycles. The Balaban J connectivity index is 1.88. The van der Waals surface area contributed by atoms with Crippen LogP contribution in [0.1, 0.15) is 26.2 Å². The van der Waals surface area contributed by atoms with Crippen molar-refractivity contribution >= 4 is 11.4 Å². The molecule has 2 rings (SSSR count). The third-order valence-electron chi connectivity index (χ3n) is 2.98. The lowest BCUT2D eigenvalue weighted by molar-refractivity contribution is 0.306. The molecule has 0 heterocycles. The zero-order valence-electron chi connectivity index (χ0n) is 12.2. The zero-order chi connectivity index (χ0) is 14.9. The molecule has 2 aromatic rings. The first-order chi connectivity index (χ1) is 10.3. The van der Waals surface area contributed by atoms with Crippen LogP contribution in [0.15, 0.2) is 58.8 Å². The number of hydrogen-bond acceptors (Lipinski definition) is 4. The molecule has 0 aliphatic heterocycles. The third kappa shape index (κ3) is 5.26. The number of hydrogen-bond donors (Lipinski definition) is 1. The topological polar surface area (TPSA) is 54.2 Å². The van der Waals surface area contributed by atoms with E-state index in [9.17, 15) is 5.11 Å². The average Bonchev–Trinajstić information content (AvgIpc) is 2.52. The van der Waals surface area contributed by atoms with Crippen LogP contribution in [0.2, 0.25) is 0 Å². The minimum absolute atomic E-state index is 0.221. The van der Waals surface area contributed by atoms with Gasteiger partial charge in [0.1, 0.15) is 11.5 Å². The Morgan fingerprint density at radius 1 is 0.857 bits per heavy atom. The van der Waals surface area contributed by atoms with E-state index in [1.807, 2.05) is 24.3 Å². The summed E-state index contributed by atoms with van der Waals surface area (Å²) in [4.78, 5) is 0. The van der Waals surface area contributed by atoms with Gasteiger partial charge in [-0.2, -0.15) is 10.2 Å². The van der Waals surface area contributed by atoms with Gasteiger partial charge in [-0.25, -0.2) is 0 Å². The van der Waals surface area contributed by atoms with Crippen LogP contribution < -0.4 is 4.74 Å². The molecule has 0 saturated carbocycles. The van der Waals surface area contributed by atoms with Gasteiger partial charge >= 0.3 is 0 Å². The van der Waals surface area contributed by atoms with E-state index in [4.69, 9.17) is 4.74 Å². The van der Waals surface area contributed by atoms with Crippen molar-refractivity contribution < 1.29 is 9.84 Å². The van der Waals surface area contributed by atoms with Gasteiger partial charge in [0.25, 0.3) is 0 Å². The zero-order valence-corrected chi connectivity index (χ0v) is 12.2. The smallest absolute Gasteiger partial charge is 0.119 e. The molecule has 0 aliphatic rings. The molecule has 0 aromatic heterocycles. The molecule has 1 N–H and O–H groups in total. The first-order valence-corrected chi connectivity index (χ1v) is 7.21. The van der Waals surface area contributed by atoms with E-state index in [2.05, 4.69) is 17.2 Å². The number of nitrogens with zero attached hydrogens (tertiary/aromatic N) is 2. The fourth-order valence-electron chi connectivity index (χ4n) is 1.79. The maximum Gasteiger partial charge on any atom is 0.119 e. The Kier molecular flexibility index (Phi) is 5.76. The molecule has 0 bridgehead atoms. The van der Waals surface area contributed by atoms with E-state index in [1.165, 1.54) is 12.8 Å². The number of phenols is 1. The molecule has 0 atom stereocenters. The van der Waals surface area contributed by atoms with Crippen molar-refractivity contribution in [3.05, 3.63) is 48.5 Å². The Labute approximate surface area is 125 Å². The molecule has 0 unspecified atom stereocenters. The summed E-state index contributed by atoms with van der Waals surface area (Å²) < 4.78 is 5.64. The lowest BCUT2D eigenvalue weighted by Crippen LogP contribution is -1.96. The minimum atomic E-state index is 0.221. The van der Waals surface area contributed by atoms with Crippen molar-refractivity contribution in [1.82, 2.24) is 0 Å². The summed E-state index contributed by atoms with van der Waals surface area (Å²) in [6.45, 7) is 2.93. The van der Waals surface area contributed by atoms with Crippen LogP contribution in [0.3, 0.4) is 0 Å². The SMILES string of the molecule is CCCCCOc1ccc(N=Nc2ccc(O)cc2)cc1. The number of azo groups is 1. The van der Waals surface area contributed by atoms with Gasteiger partial charge in [-0.1, -0.05) is 19.8 Å². The van der Waals surface area contributed by atoms with Crippen LogP contribution in [0.4, 0.5) is 11.4 Å². The predicted octanol–water partition coefficient (Wildman–Crippen LogP) is 5.38. The number of rotatable bonds is 7. The lowest BCUT2D eigenvalue weighted by Gasteiger charge is -2.05. The standard InChI is InChI=1S/C17H20N2O2/c1-2-3-4-13-21-17-11-7-15(8-12-17)19-18-14-5-9-16(20)10-6-14/h5-12,20H,2-4,13H2,1H3. The van der Waals surface area contributed by atoms with Gasteiger partial charge in [-0.3, -0.25) is 0 Å². The van der Waals surface area contributed by atoms with Gasteiger partial charge in [-0.15, -0.1) is 0 Å². The molecule has 21 heavy (non-hydrogen) atoms. The molecule has 2 aromatic carbocycles. The Bertz CT molecular complexity index is 562.